The zero-order valence-corrected chi connectivity index (χ0v) is 12.3. The van der Waals surface area contributed by atoms with Gasteiger partial charge < -0.3 is 4.90 Å². The molecule has 1 unspecified atom stereocenters. The minimum absolute atomic E-state index is 0.657. The van der Waals surface area contributed by atoms with Gasteiger partial charge in [-0.3, -0.25) is 9.29 Å². The van der Waals surface area contributed by atoms with Crippen molar-refractivity contribution in [1.29, 1.82) is 0 Å². The van der Waals surface area contributed by atoms with Gasteiger partial charge in [0.2, 0.25) is 0 Å². The van der Waals surface area contributed by atoms with Crippen LogP contribution in [0.25, 0.3) is 0 Å². The predicted molar refractivity (Wildman–Crippen MR) is 80.3 cm³/mol. The summed E-state index contributed by atoms with van der Waals surface area (Å²) in [5.74, 6) is 1.42. The Balaban J connectivity index is 1.97. The third kappa shape index (κ3) is 2.27. The molecule has 0 saturated heterocycles. The summed E-state index contributed by atoms with van der Waals surface area (Å²) in [6.45, 7) is 0.690. The van der Waals surface area contributed by atoms with Gasteiger partial charge in [-0.05, 0) is 18.1 Å². The molecule has 0 aliphatic carbocycles. The van der Waals surface area contributed by atoms with Crippen molar-refractivity contribution in [2.24, 2.45) is 0 Å². The number of rotatable bonds is 2. The molecule has 1 aromatic heterocycles. The molecule has 0 amide bonds. The number of hydrogen-bond donors (Lipinski definition) is 0. The SMILES string of the molecule is CN(C)c1cncc(N2CCc3ccccc3S2=O)n1. The van der Waals surface area contributed by atoms with Crippen molar-refractivity contribution in [3.05, 3.63) is 42.2 Å². The largest absolute Gasteiger partial charge is 0.361 e. The van der Waals surface area contributed by atoms with E-state index in [2.05, 4.69) is 9.97 Å². The number of anilines is 2. The van der Waals surface area contributed by atoms with E-state index in [1.165, 1.54) is 0 Å². The molecule has 0 fully saturated rings. The van der Waals surface area contributed by atoms with Gasteiger partial charge in [-0.15, -0.1) is 0 Å². The van der Waals surface area contributed by atoms with Crippen LogP contribution in [-0.2, 0) is 17.4 Å². The second-order valence-corrected chi connectivity index (χ2v) is 6.22. The molecule has 2 aromatic rings. The second-order valence-electron chi connectivity index (χ2n) is 4.84. The lowest BCUT2D eigenvalue weighted by Gasteiger charge is -2.28. The Hall–Kier alpha value is -1.95. The smallest absolute Gasteiger partial charge is 0.161 e. The van der Waals surface area contributed by atoms with Crippen LogP contribution in [0.5, 0.6) is 0 Å². The Morgan fingerprint density at radius 3 is 2.85 bits per heavy atom. The molecule has 5 nitrogen and oxygen atoms in total. The van der Waals surface area contributed by atoms with E-state index < -0.39 is 11.0 Å². The maximum absolute atomic E-state index is 12.7. The quantitative estimate of drug-likeness (QED) is 0.843. The number of nitrogens with zero attached hydrogens (tertiary/aromatic N) is 4. The second kappa shape index (κ2) is 5.20. The van der Waals surface area contributed by atoms with Gasteiger partial charge in [-0.2, -0.15) is 0 Å². The molecule has 0 spiro atoms. The predicted octanol–water partition coefficient (Wildman–Crippen LogP) is 1.63. The molecule has 20 heavy (non-hydrogen) atoms. The summed E-state index contributed by atoms with van der Waals surface area (Å²) in [5.41, 5.74) is 1.15. The van der Waals surface area contributed by atoms with Gasteiger partial charge in [0.1, 0.15) is 5.82 Å². The Kier molecular flexibility index (Phi) is 3.40. The normalized spacial score (nSPS) is 17.7. The molecule has 2 heterocycles. The van der Waals surface area contributed by atoms with Crippen LogP contribution >= 0.6 is 0 Å². The van der Waals surface area contributed by atoms with Gasteiger partial charge in [0.15, 0.2) is 16.8 Å². The maximum Gasteiger partial charge on any atom is 0.161 e. The van der Waals surface area contributed by atoms with Crippen molar-refractivity contribution in [3.8, 4) is 0 Å². The lowest BCUT2D eigenvalue weighted by Crippen LogP contribution is -2.34. The minimum Gasteiger partial charge on any atom is -0.361 e. The fraction of sp³-hybridized carbons (Fsp3) is 0.286. The van der Waals surface area contributed by atoms with Crippen LogP contribution in [0, 0.1) is 0 Å². The first kappa shape index (κ1) is 13.1. The summed E-state index contributed by atoms with van der Waals surface area (Å²) in [5, 5.41) is 0. The maximum atomic E-state index is 12.7. The summed E-state index contributed by atoms with van der Waals surface area (Å²) in [6.07, 6.45) is 4.24. The van der Waals surface area contributed by atoms with Crippen molar-refractivity contribution in [2.45, 2.75) is 11.3 Å². The Labute approximate surface area is 120 Å². The minimum atomic E-state index is -1.21. The number of benzene rings is 1. The highest BCUT2D eigenvalue weighted by molar-refractivity contribution is 7.86. The Morgan fingerprint density at radius 2 is 2.05 bits per heavy atom. The van der Waals surface area contributed by atoms with E-state index in [4.69, 9.17) is 0 Å². The molecule has 3 rings (SSSR count). The molecule has 1 aliphatic heterocycles. The monoisotopic (exact) mass is 288 g/mol. The molecular weight excluding hydrogens is 272 g/mol. The number of fused-ring (bicyclic) bond motifs is 1. The summed E-state index contributed by atoms with van der Waals surface area (Å²) in [4.78, 5) is 11.5. The van der Waals surface area contributed by atoms with E-state index in [9.17, 15) is 4.21 Å². The highest BCUT2D eigenvalue weighted by Crippen LogP contribution is 2.27. The zero-order chi connectivity index (χ0) is 14.1. The Bertz CT molecular complexity index is 659. The molecule has 1 aromatic carbocycles. The Morgan fingerprint density at radius 1 is 1.25 bits per heavy atom. The molecule has 1 atom stereocenters. The average molecular weight is 288 g/mol. The highest BCUT2D eigenvalue weighted by Gasteiger charge is 2.25. The van der Waals surface area contributed by atoms with Crippen LogP contribution in [0.2, 0.25) is 0 Å². The van der Waals surface area contributed by atoms with E-state index in [0.29, 0.717) is 12.4 Å². The van der Waals surface area contributed by atoms with Crippen molar-refractivity contribution in [1.82, 2.24) is 9.97 Å². The molecule has 1 aliphatic rings. The van der Waals surface area contributed by atoms with E-state index >= 15 is 0 Å². The summed E-state index contributed by atoms with van der Waals surface area (Å²) in [6, 6.07) is 7.85. The first-order chi connectivity index (χ1) is 9.66. The van der Waals surface area contributed by atoms with Gasteiger partial charge in [0, 0.05) is 20.6 Å². The van der Waals surface area contributed by atoms with Crippen LogP contribution in [-0.4, -0.2) is 34.8 Å². The molecule has 0 N–H and O–H groups in total. The molecule has 104 valence electrons. The fourth-order valence-electron chi connectivity index (χ4n) is 2.19. The first-order valence-corrected chi connectivity index (χ1v) is 7.54. The van der Waals surface area contributed by atoms with Gasteiger partial charge >= 0.3 is 0 Å². The van der Waals surface area contributed by atoms with E-state index in [1.807, 2.05) is 47.6 Å². The average Bonchev–Trinajstić information content (AvgIpc) is 2.48. The van der Waals surface area contributed by atoms with Crippen LogP contribution in [0.15, 0.2) is 41.6 Å². The van der Waals surface area contributed by atoms with Crippen LogP contribution in [0.4, 0.5) is 11.6 Å². The number of aromatic nitrogens is 2. The van der Waals surface area contributed by atoms with Crippen LogP contribution in [0.3, 0.4) is 0 Å². The standard InChI is InChI=1S/C14H16N4OS/c1-17(2)13-9-15-10-14(16-13)18-8-7-11-5-3-4-6-12(11)20(18)19/h3-6,9-10H,7-8H2,1-2H3. The molecular formula is C14H16N4OS. The number of hydrogen-bond acceptors (Lipinski definition) is 4. The molecule has 0 radical (unpaired) electrons. The van der Waals surface area contributed by atoms with Gasteiger partial charge in [-0.1, -0.05) is 18.2 Å². The van der Waals surface area contributed by atoms with Gasteiger partial charge in [0.25, 0.3) is 0 Å². The lowest BCUT2D eigenvalue weighted by atomic mass is 10.1. The topological polar surface area (TPSA) is 49.3 Å². The summed E-state index contributed by atoms with van der Waals surface area (Å²) < 4.78 is 14.5. The highest BCUT2D eigenvalue weighted by atomic mass is 32.2. The van der Waals surface area contributed by atoms with Crippen molar-refractivity contribution in [2.75, 3.05) is 29.8 Å². The summed E-state index contributed by atoms with van der Waals surface area (Å²) in [7, 11) is 2.61. The lowest BCUT2D eigenvalue weighted by molar-refractivity contribution is 0.671. The van der Waals surface area contributed by atoms with Crippen molar-refractivity contribution < 1.29 is 4.21 Å². The van der Waals surface area contributed by atoms with E-state index in [-0.39, 0.29) is 0 Å². The molecule has 0 bridgehead atoms. The zero-order valence-electron chi connectivity index (χ0n) is 11.5. The van der Waals surface area contributed by atoms with E-state index in [0.717, 1.165) is 22.7 Å². The fourth-order valence-corrected chi connectivity index (χ4v) is 3.53. The molecule has 6 heteroatoms. The van der Waals surface area contributed by atoms with Crippen molar-refractivity contribution in [3.63, 3.8) is 0 Å². The van der Waals surface area contributed by atoms with Crippen LogP contribution in [0.1, 0.15) is 5.56 Å². The van der Waals surface area contributed by atoms with E-state index in [1.54, 1.807) is 12.4 Å². The van der Waals surface area contributed by atoms with Crippen LogP contribution < -0.4 is 9.21 Å². The molecule has 0 saturated carbocycles. The third-order valence-electron chi connectivity index (χ3n) is 3.27. The third-order valence-corrected chi connectivity index (χ3v) is 4.81. The van der Waals surface area contributed by atoms with Gasteiger partial charge in [-0.25, -0.2) is 9.19 Å². The first-order valence-electron chi connectivity index (χ1n) is 6.43. The summed E-state index contributed by atoms with van der Waals surface area (Å²) >= 11 is 0. The van der Waals surface area contributed by atoms with Crippen molar-refractivity contribution >= 4 is 22.6 Å². The van der Waals surface area contributed by atoms with Gasteiger partial charge in [0.05, 0.1) is 17.3 Å².